The van der Waals surface area contributed by atoms with Gasteiger partial charge in [0.05, 0.1) is 0 Å². The highest BCUT2D eigenvalue weighted by atomic mass is 19.2. The van der Waals surface area contributed by atoms with Crippen LogP contribution in [0.2, 0.25) is 0 Å². The second-order valence-electron chi connectivity index (χ2n) is 3.65. The minimum atomic E-state index is -1.56. The Bertz CT molecular complexity index is 525. The van der Waals surface area contributed by atoms with Crippen LogP contribution in [0, 0.1) is 24.4 Å². The molecule has 1 atom stereocenters. The molecule has 1 aromatic carbocycles. The fourth-order valence-electron chi connectivity index (χ4n) is 1.50. The number of rotatable bonds is 2. The summed E-state index contributed by atoms with van der Waals surface area (Å²) in [6.07, 6.45) is -1.33. The zero-order valence-electron chi connectivity index (χ0n) is 8.88. The average molecular weight is 242 g/mol. The van der Waals surface area contributed by atoms with E-state index in [1.54, 1.807) is 13.0 Å². The van der Waals surface area contributed by atoms with E-state index in [4.69, 9.17) is 4.42 Å². The number of hydrogen-bond donors (Lipinski definition) is 1. The summed E-state index contributed by atoms with van der Waals surface area (Å²) in [5.41, 5.74) is -0.101. The molecule has 0 amide bonds. The fourth-order valence-corrected chi connectivity index (χ4v) is 1.50. The van der Waals surface area contributed by atoms with E-state index >= 15 is 0 Å². The highest BCUT2D eigenvalue weighted by Gasteiger charge is 2.19. The SMILES string of the molecule is Cc1ccc([C@H](O)c2cc(F)c(F)c(F)c2)o1. The van der Waals surface area contributed by atoms with Crippen molar-refractivity contribution < 1.29 is 22.7 Å². The van der Waals surface area contributed by atoms with Crippen LogP contribution >= 0.6 is 0 Å². The summed E-state index contributed by atoms with van der Waals surface area (Å²) in [7, 11) is 0. The summed E-state index contributed by atoms with van der Waals surface area (Å²) < 4.78 is 43.8. The normalized spacial score (nSPS) is 12.8. The van der Waals surface area contributed by atoms with Crippen molar-refractivity contribution in [3.05, 3.63) is 58.8 Å². The van der Waals surface area contributed by atoms with E-state index in [0.717, 1.165) is 12.1 Å². The third-order valence-electron chi connectivity index (χ3n) is 2.35. The van der Waals surface area contributed by atoms with E-state index in [1.165, 1.54) is 6.07 Å². The highest BCUT2D eigenvalue weighted by molar-refractivity contribution is 5.27. The molecule has 0 fully saturated rings. The molecule has 0 aliphatic carbocycles. The second-order valence-corrected chi connectivity index (χ2v) is 3.65. The number of aryl methyl sites for hydroxylation is 1. The maximum atomic E-state index is 13.0. The monoisotopic (exact) mass is 242 g/mol. The summed E-state index contributed by atoms with van der Waals surface area (Å²) in [6, 6.07) is 4.57. The number of halogens is 3. The van der Waals surface area contributed by atoms with Gasteiger partial charge in [-0.2, -0.15) is 0 Å². The second kappa shape index (κ2) is 4.25. The van der Waals surface area contributed by atoms with Crippen molar-refractivity contribution in [3.63, 3.8) is 0 Å². The molecular weight excluding hydrogens is 233 g/mol. The predicted molar refractivity (Wildman–Crippen MR) is 53.8 cm³/mol. The van der Waals surface area contributed by atoms with E-state index in [0.29, 0.717) is 5.76 Å². The minimum absolute atomic E-state index is 0.101. The topological polar surface area (TPSA) is 33.4 Å². The van der Waals surface area contributed by atoms with Gasteiger partial charge in [-0.3, -0.25) is 0 Å². The first-order valence-corrected chi connectivity index (χ1v) is 4.88. The lowest BCUT2D eigenvalue weighted by Gasteiger charge is -2.09. The van der Waals surface area contributed by atoms with E-state index in [2.05, 4.69) is 0 Å². The van der Waals surface area contributed by atoms with Gasteiger partial charge in [-0.25, -0.2) is 13.2 Å². The molecule has 5 heteroatoms. The summed E-state index contributed by atoms with van der Waals surface area (Å²) in [5, 5.41) is 9.80. The van der Waals surface area contributed by atoms with Crippen molar-refractivity contribution in [2.75, 3.05) is 0 Å². The van der Waals surface area contributed by atoms with Gasteiger partial charge in [0.15, 0.2) is 17.5 Å². The molecule has 2 rings (SSSR count). The van der Waals surface area contributed by atoms with Crippen molar-refractivity contribution in [2.45, 2.75) is 13.0 Å². The Hall–Kier alpha value is -1.75. The van der Waals surface area contributed by atoms with Crippen LogP contribution in [-0.2, 0) is 0 Å². The largest absolute Gasteiger partial charge is 0.463 e. The first-order valence-electron chi connectivity index (χ1n) is 4.88. The van der Waals surface area contributed by atoms with Gasteiger partial charge in [0.1, 0.15) is 17.6 Å². The molecule has 0 spiro atoms. The molecule has 2 nitrogen and oxygen atoms in total. The Balaban J connectivity index is 2.41. The summed E-state index contributed by atoms with van der Waals surface area (Å²) >= 11 is 0. The number of furan rings is 1. The third kappa shape index (κ3) is 2.19. The standard InChI is InChI=1S/C12H9F3O2/c1-6-2-3-10(17-6)12(16)7-4-8(13)11(15)9(14)5-7/h2-5,12,16H,1H3/t12-/m1/s1. The van der Waals surface area contributed by atoms with Crippen LogP contribution in [-0.4, -0.2) is 5.11 Å². The number of aliphatic hydroxyl groups excluding tert-OH is 1. The maximum Gasteiger partial charge on any atom is 0.194 e. The van der Waals surface area contributed by atoms with Crippen molar-refractivity contribution in [3.8, 4) is 0 Å². The van der Waals surface area contributed by atoms with Gasteiger partial charge in [-0.05, 0) is 36.8 Å². The molecule has 0 saturated carbocycles. The van der Waals surface area contributed by atoms with Crippen LogP contribution in [0.3, 0.4) is 0 Å². The zero-order chi connectivity index (χ0) is 12.6. The zero-order valence-corrected chi connectivity index (χ0v) is 8.88. The molecule has 1 aromatic heterocycles. The summed E-state index contributed by atoms with van der Waals surface area (Å²) in [6.45, 7) is 1.67. The van der Waals surface area contributed by atoms with Crippen molar-refractivity contribution >= 4 is 0 Å². The third-order valence-corrected chi connectivity index (χ3v) is 2.35. The van der Waals surface area contributed by atoms with Crippen molar-refractivity contribution in [1.82, 2.24) is 0 Å². The minimum Gasteiger partial charge on any atom is -0.463 e. The first-order chi connectivity index (χ1) is 7.99. The molecule has 90 valence electrons. The molecule has 1 heterocycles. The Labute approximate surface area is 95.3 Å². The number of hydrogen-bond acceptors (Lipinski definition) is 2. The van der Waals surface area contributed by atoms with E-state index < -0.39 is 23.6 Å². The molecule has 0 unspecified atom stereocenters. The van der Waals surface area contributed by atoms with Crippen LogP contribution in [0.5, 0.6) is 0 Å². The average Bonchev–Trinajstić information content (AvgIpc) is 2.71. The Morgan fingerprint density at radius 3 is 2.18 bits per heavy atom. The molecule has 17 heavy (non-hydrogen) atoms. The smallest absolute Gasteiger partial charge is 0.194 e. The van der Waals surface area contributed by atoms with Gasteiger partial charge in [0.25, 0.3) is 0 Å². The van der Waals surface area contributed by atoms with E-state index in [1.807, 2.05) is 0 Å². The maximum absolute atomic E-state index is 13.0. The lowest BCUT2D eigenvalue weighted by atomic mass is 10.1. The number of benzene rings is 1. The molecule has 1 N–H and O–H groups in total. The van der Waals surface area contributed by atoms with E-state index in [9.17, 15) is 18.3 Å². The first kappa shape index (κ1) is 11.7. The lowest BCUT2D eigenvalue weighted by Crippen LogP contribution is -2.02. The van der Waals surface area contributed by atoms with Gasteiger partial charge >= 0.3 is 0 Å². The van der Waals surface area contributed by atoms with Crippen molar-refractivity contribution in [1.29, 1.82) is 0 Å². The molecule has 2 aromatic rings. The molecule has 0 radical (unpaired) electrons. The van der Waals surface area contributed by atoms with Crippen LogP contribution in [0.1, 0.15) is 23.2 Å². The van der Waals surface area contributed by atoms with Crippen molar-refractivity contribution in [2.24, 2.45) is 0 Å². The van der Waals surface area contributed by atoms with Crippen LogP contribution in [0.25, 0.3) is 0 Å². The molecular formula is C12H9F3O2. The van der Waals surface area contributed by atoms with Crippen LogP contribution in [0.4, 0.5) is 13.2 Å². The summed E-state index contributed by atoms with van der Waals surface area (Å²) in [5.74, 6) is -3.55. The quantitative estimate of drug-likeness (QED) is 0.821. The Morgan fingerprint density at radius 2 is 1.71 bits per heavy atom. The van der Waals surface area contributed by atoms with E-state index in [-0.39, 0.29) is 11.3 Å². The van der Waals surface area contributed by atoms with Gasteiger partial charge in [-0.15, -0.1) is 0 Å². The number of aliphatic hydroxyl groups is 1. The van der Waals surface area contributed by atoms with Gasteiger partial charge in [0.2, 0.25) is 0 Å². The van der Waals surface area contributed by atoms with Gasteiger partial charge in [0, 0.05) is 0 Å². The Morgan fingerprint density at radius 1 is 1.12 bits per heavy atom. The van der Waals surface area contributed by atoms with Gasteiger partial charge in [-0.1, -0.05) is 0 Å². The fraction of sp³-hybridized carbons (Fsp3) is 0.167. The highest BCUT2D eigenvalue weighted by Crippen LogP contribution is 2.26. The molecule has 0 aliphatic rings. The Kier molecular flexibility index (Phi) is 2.93. The molecule has 0 aliphatic heterocycles. The van der Waals surface area contributed by atoms with Gasteiger partial charge < -0.3 is 9.52 Å². The van der Waals surface area contributed by atoms with Crippen LogP contribution < -0.4 is 0 Å². The summed E-state index contributed by atoms with van der Waals surface area (Å²) in [4.78, 5) is 0. The molecule has 0 bridgehead atoms. The lowest BCUT2D eigenvalue weighted by molar-refractivity contribution is 0.186. The van der Waals surface area contributed by atoms with Crippen LogP contribution in [0.15, 0.2) is 28.7 Å². The predicted octanol–water partition coefficient (Wildman–Crippen LogP) is 3.09. The molecule has 0 saturated heterocycles.